The van der Waals surface area contributed by atoms with Gasteiger partial charge in [-0.25, -0.2) is 0 Å². The van der Waals surface area contributed by atoms with Gasteiger partial charge in [-0.2, -0.15) is 0 Å². The van der Waals surface area contributed by atoms with Crippen molar-refractivity contribution >= 4 is 11.4 Å². The number of anilines is 1. The van der Waals surface area contributed by atoms with E-state index in [9.17, 15) is 0 Å². The Morgan fingerprint density at radius 3 is 2.32 bits per heavy atom. The zero-order chi connectivity index (χ0) is 19.2. The minimum atomic E-state index is 0.307. The lowest BCUT2D eigenvalue weighted by Gasteiger charge is -2.30. The van der Waals surface area contributed by atoms with E-state index >= 15 is 0 Å². The van der Waals surface area contributed by atoms with Crippen LogP contribution in [0.25, 0.3) is 0 Å². The molecule has 4 heteroatoms. The van der Waals surface area contributed by atoms with Crippen LogP contribution < -0.4 is 5.73 Å². The number of nitrogen functional groups attached to an aromatic ring is 1. The van der Waals surface area contributed by atoms with Crippen molar-refractivity contribution in [2.45, 2.75) is 25.4 Å². The van der Waals surface area contributed by atoms with Gasteiger partial charge in [0.2, 0.25) is 0 Å². The second kappa shape index (κ2) is 8.81. The predicted molar refractivity (Wildman–Crippen MR) is 115 cm³/mol. The molecule has 4 nitrogen and oxygen atoms in total. The van der Waals surface area contributed by atoms with Crippen LogP contribution in [0.1, 0.15) is 29.5 Å². The average molecular weight is 371 g/mol. The summed E-state index contributed by atoms with van der Waals surface area (Å²) in [5.41, 5.74) is 11.3. The first-order valence-electron chi connectivity index (χ1n) is 9.89. The summed E-state index contributed by atoms with van der Waals surface area (Å²) in [7, 11) is 0. The molecule has 0 bridgehead atoms. The van der Waals surface area contributed by atoms with Gasteiger partial charge < -0.3 is 5.73 Å². The number of rotatable bonds is 5. The predicted octanol–water partition coefficient (Wildman–Crippen LogP) is 4.17. The molecule has 0 aliphatic carbocycles. The van der Waals surface area contributed by atoms with Crippen LogP contribution in [0, 0.1) is 0 Å². The van der Waals surface area contributed by atoms with Gasteiger partial charge in [0.25, 0.3) is 0 Å². The number of hydrogen-bond acceptors (Lipinski definition) is 4. The van der Waals surface area contributed by atoms with Gasteiger partial charge in [0.15, 0.2) is 0 Å². The summed E-state index contributed by atoms with van der Waals surface area (Å²) in [5.74, 6) is 0. The van der Waals surface area contributed by atoms with Gasteiger partial charge in [-0.3, -0.25) is 14.9 Å². The number of benzene rings is 2. The number of hydrogen-bond donors (Lipinski definition) is 1. The Morgan fingerprint density at radius 2 is 1.64 bits per heavy atom. The maximum Gasteiger partial charge on any atom is 0.0758 e. The molecule has 28 heavy (non-hydrogen) atoms. The van der Waals surface area contributed by atoms with Crippen molar-refractivity contribution in [3.63, 3.8) is 0 Å². The van der Waals surface area contributed by atoms with Crippen molar-refractivity contribution in [1.82, 2.24) is 9.88 Å². The van der Waals surface area contributed by atoms with Crippen molar-refractivity contribution in [2.75, 3.05) is 18.8 Å². The molecule has 4 rings (SSSR count). The summed E-state index contributed by atoms with van der Waals surface area (Å²) in [6.07, 6.45) is 5.67. The molecule has 0 spiro atoms. The number of aromatic nitrogens is 1. The summed E-state index contributed by atoms with van der Waals surface area (Å²) in [4.78, 5) is 11.9. The lowest BCUT2D eigenvalue weighted by molar-refractivity contribution is 0.206. The van der Waals surface area contributed by atoms with Crippen molar-refractivity contribution in [1.29, 1.82) is 0 Å². The Balaban J connectivity index is 1.51. The topological polar surface area (TPSA) is 54.5 Å². The Kier molecular flexibility index (Phi) is 5.78. The summed E-state index contributed by atoms with van der Waals surface area (Å²) < 4.78 is 0. The van der Waals surface area contributed by atoms with Gasteiger partial charge in [0.05, 0.1) is 11.8 Å². The first-order valence-corrected chi connectivity index (χ1v) is 9.89. The van der Waals surface area contributed by atoms with Crippen LogP contribution in [0.3, 0.4) is 0 Å². The van der Waals surface area contributed by atoms with E-state index in [2.05, 4.69) is 52.3 Å². The summed E-state index contributed by atoms with van der Waals surface area (Å²) in [6.45, 7) is 3.14. The minimum absolute atomic E-state index is 0.307. The van der Waals surface area contributed by atoms with Crippen LogP contribution in [0.2, 0.25) is 0 Å². The fourth-order valence-electron chi connectivity index (χ4n) is 3.73. The fraction of sp³-hybridized carbons (Fsp3) is 0.250. The highest BCUT2D eigenvalue weighted by molar-refractivity contribution is 6.15. The van der Waals surface area contributed by atoms with Gasteiger partial charge in [-0.15, -0.1) is 0 Å². The molecule has 2 N–H and O–H groups in total. The van der Waals surface area contributed by atoms with Crippen LogP contribution in [0.4, 0.5) is 5.69 Å². The molecule has 3 aromatic rings. The van der Waals surface area contributed by atoms with E-state index in [-0.39, 0.29) is 0 Å². The van der Waals surface area contributed by atoms with Gasteiger partial charge >= 0.3 is 0 Å². The molecule has 0 amide bonds. The van der Waals surface area contributed by atoms with Crippen LogP contribution in [-0.4, -0.2) is 34.7 Å². The number of likely N-dealkylation sites (tertiary alicyclic amines) is 1. The normalized spacial score (nSPS) is 16.2. The number of piperidine rings is 1. The molecule has 0 unspecified atom stereocenters. The summed E-state index contributed by atoms with van der Waals surface area (Å²) in [6, 6.07) is 23.1. The largest absolute Gasteiger partial charge is 0.398 e. The Bertz CT molecular complexity index is 914. The van der Waals surface area contributed by atoms with Crippen LogP contribution in [0.5, 0.6) is 0 Å². The molecule has 1 saturated heterocycles. The third-order valence-electron chi connectivity index (χ3n) is 5.27. The molecule has 0 radical (unpaired) electrons. The molecule has 0 atom stereocenters. The molecule has 142 valence electrons. The molecular weight excluding hydrogens is 344 g/mol. The molecule has 1 aromatic heterocycles. The van der Waals surface area contributed by atoms with Gasteiger partial charge in [-0.1, -0.05) is 60.7 Å². The van der Waals surface area contributed by atoms with E-state index in [4.69, 9.17) is 10.7 Å². The molecule has 1 aliphatic heterocycles. The van der Waals surface area contributed by atoms with E-state index in [1.54, 1.807) is 6.20 Å². The van der Waals surface area contributed by atoms with Crippen molar-refractivity contribution in [3.05, 3.63) is 95.8 Å². The number of aliphatic imine (C=N–C) groups is 1. The first-order chi connectivity index (χ1) is 13.8. The summed E-state index contributed by atoms with van der Waals surface area (Å²) >= 11 is 0. The van der Waals surface area contributed by atoms with Crippen LogP contribution in [0.15, 0.2) is 84.1 Å². The third kappa shape index (κ3) is 4.46. The Hall–Kier alpha value is -2.98. The Morgan fingerprint density at radius 1 is 0.964 bits per heavy atom. The zero-order valence-electron chi connectivity index (χ0n) is 16.0. The lowest BCUT2D eigenvalue weighted by Crippen LogP contribution is -2.35. The SMILES string of the molecule is Nc1ccncc1C(=NC1CCN(Cc2ccccc2)CC1)c1ccccc1. The molecule has 0 saturated carbocycles. The molecule has 2 aromatic carbocycles. The van der Waals surface area contributed by atoms with E-state index in [1.807, 2.05) is 30.5 Å². The van der Waals surface area contributed by atoms with E-state index in [0.29, 0.717) is 6.04 Å². The second-order valence-electron chi connectivity index (χ2n) is 7.30. The zero-order valence-corrected chi connectivity index (χ0v) is 16.0. The lowest BCUT2D eigenvalue weighted by atomic mass is 10.00. The maximum atomic E-state index is 6.24. The van der Waals surface area contributed by atoms with Crippen molar-refractivity contribution < 1.29 is 0 Å². The standard InChI is InChI=1S/C24H26N4/c25-23-11-14-26-17-22(23)24(20-9-5-2-6-10-20)27-21-12-15-28(16-13-21)18-19-7-3-1-4-8-19/h1-11,14,17,21H,12-13,15-16,18H2,(H2,25,26). The Labute approximate surface area is 166 Å². The minimum Gasteiger partial charge on any atom is -0.398 e. The average Bonchev–Trinajstić information content (AvgIpc) is 2.75. The van der Waals surface area contributed by atoms with Crippen molar-refractivity contribution in [3.8, 4) is 0 Å². The number of nitrogens with zero attached hydrogens (tertiary/aromatic N) is 3. The fourth-order valence-corrected chi connectivity index (χ4v) is 3.73. The van der Waals surface area contributed by atoms with E-state index < -0.39 is 0 Å². The highest BCUT2D eigenvalue weighted by Gasteiger charge is 2.20. The smallest absolute Gasteiger partial charge is 0.0758 e. The highest BCUT2D eigenvalue weighted by atomic mass is 15.1. The summed E-state index contributed by atoms with van der Waals surface area (Å²) in [5, 5.41) is 0. The third-order valence-corrected chi connectivity index (χ3v) is 5.27. The molecule has 1 fully saturated rings. The molecule has 1 aliphatic rings. The van der Waals surface area contributed by atoms with Crippen LogP contribution in [-0.2, 0) is 6.54 Å². The van der Waals surface area contributed by atoms with E-state index in [1.165, 1.54) is 5.56 Å². The molecule has 2 heterocycles. The maximum absolute atomic E-state index is 6.24. The molecular formula is C24H26N4. The number of pyridine rings is 1. The monoisotopic (exact) mass is 370 g/mol. The van der Waals surface area contributed by atoms with Gasteiger partial charge in [-0.05, 0) is 24.5 Å². The van der Waals surface area contributed by atoms with Gasteiger partial charge in [0, 0.05) is 48.8 Å². The first kappa shape index (κ1) is 18.4. The van der Waals surface area contributed by atoms with Crippen LogP contribution >= 0.6 is 0 Å². The van der Waals surface area contributed by atoms with Crippen molar-refractivity contribution in [2.24, 2.45) is 4.99 Å². The van der Waals surface area contributed by atoms with E-state index in [0.717, 1.165) is 55.0 Å². The highest BCUT2D eigenvalue weighted by Crippen LogP contribution is 2.21. The quantitative estimate of drug-likeness (QED) is 0.686. The van der Waals surface area contributed by atoms with Gasteiger partial charge in [0.1, 0.15) is 0 Å². The second-order valence-corrected chi connectivity index (χ2v) is 7.30. The number of nitrogens with two attached hydrogens (primary N) is 1.